The van der Waals surface area contributed by atoms with Crippen molar-refractivity contribution in [2.75, 3.05) is 46.2 Å². The van der Waals surface area contributed by atoms with E-state index in [2.05, 4.69) is 20.8 Å². The van der Waals surface area contributed by atoms with E-state index in [1.54, 1.807) is 0 Å². The molecule has 0 bridgehead atoms. The third-order valence-electron chi connectivity index (χ3n) is 3.65. The normalized spacial score (nSPS) is 11.9. The molecule has 144 valence electrons. The lowest BCUT2D eigenvalue weighted by molar-refractivity contribution is 0.00606. The number of allylic oxidation sites excluding steroid dienone is 1. The Labute approximate surface area is 149 Å². The van der Waals surface area contributed by atoms with E-state index in [1.807, 2.05) is 6.26 Å². The average molecular weight is 345 g/mol. The minimum absolute atomic E-state index is 0.611. The maximum absolute atomic E-state index is 5.61. The Morgan fingerprint density at radius 2 is 1.17 bits per heavy atom. The Morgan fingerprint density at radius 1 is 0.583 bits per heavy atom. The zero-order chi connectivity index (χ0) is 17.7. The van der Waals surface area contributed by atoms with Gasteiger partial charge in [-0.15, -0.1) is 0 Å². The average Bonchev–Trinajstić information content (AvgIpc) is 2.59. The summed E-state index contributed by atoms with van der Waals surface area (Å²) in [5, 5.41) is 0. The van der Waals surface area contributed by atoms with Crippen LogP contribution in [0.15, 0.2) is 11.8 Å². The molecule has 0 spiro atoms. The van der Waals surface area contributed by atoms with Crippen molar-refractivity contribution in [1.29, 1.82) is 0 Å². The van der Waals surface area contributed by atoms with Gasteiger partial charge in [0.2, 0.25) is 0 Å². The fourth-order valence-electron chi connectivity index (χ4n) is 2.24. The van der Waals surface area contributed by atoms with Gasteiger partial charge in [0, 0.05) is 6.61 Å². The second-order valence-corrected chi connectivity index (χ2v) is 6.04. The molecule has 0 rings (SSSR count). The van der Waals surface area contributed by atoms with Gasteiger partial charge >= 0.3 is 0 Å². The van der Waals surface area contributed by atoms with Crippen LogP contribution in [0.3, 0.4) is 0 Å². The van der Waals surface area contributed by atoms with Crippen molar-refractivity contribution < 1.29 is 18.9 Å². The minimum Gasteiger partial charge on any atom is -0.499 e. The molecule has 0 fully saturated rings. The summed E-state index contributed by atoms with van der Waals surface area (Å²) in [6.45, 7) is 11.2. The fourth-order valence-corrected chi connectivity index (χ4v) is 2.24. The molecule has 0 radical (unpaired) electrons. The first-order valence-electron chi connectivity index (χ1n) is 9.87. The van der Waals surface area contributed by atoms with Crippen LogP contribution in [0.25, 0.3) is 0 Å². The van der Waals surface area contributed by atoms with E-state index in [-0.39, 0.29) is 0 Å². The smallest absolute Gasteiger partial charge is 0.111 e. The van der Waals surface area contributed by atoms with Crippen LogP contribution in [0.5, 0.6) is 0 Å². The van der Waals surface area contributed by atoms with Crippen LogP contribution in [0.4, 0.5) is 0 Å². The third kappa shape index (κ3) is 17.8. The van der Waals surface area contributed by atoms with Gasteiger partial charge in [-0.1, -0.05) is 46.5 Å². The molecular formula is C20H40O4. The number of unbranched alkanes of at least 4 members (excludes halogenated alkanes) is 3. The van der Waals surface area contributed by atoms with Crippen LogP contribution < -0.4 is 0 Å². The standard InChI is InChI=1S/C20H40O4/c1-4-7-9-11-20(10-6-3)19-24-18-17-23-16-15-22-14-13-21-12-8-5-2/h19H,4-18H2,1-3H3. The second kappa shape index (κ2) is 20.5. The Kier molecular flexibility index (Phi) is 20.0. The Morgan fingerprint density at radius 3 is 1.75 bits per heavy atom. The van der Waals surface area contributed by atoms with Crippen LogP contribution in [-0.2, 0) is 18.9 Å². The van der Waals surface area contributed by atoms with Gasteiger partial charge in [0.15, 0.2) is 0 Å². The maximum Gasteiger partial charge on any atom is 0.111 e. The highest BCUT2D eigenvalue weighted by molar-refractivity contribution is 4.97. The molecule has 0 aromatic rings. The van der Waals surface area contributed by atoms with Crippen molar-refractivity contribution in [2.24, 2.45) is 0 Å². The number of hydrogen-bond donors (Lipinski definition) is 0. The second-order valence-electron chi connectivity index (χ2n) is 6.04. The van der Waals surface area contributed by atoms with Crippen LogP contribution in [0, 0.1) is 0 Å². The summed E-state index contributed by atoms with van der Waals surface area (Å²) in [7, 11) is 0. The van der Waals surface area contributed by atoms with Crippen molar-refractivity contribution >= 4 is 0 Å². The van der Waals surface area contributed by atoms with E-state index in [9.17, 15) is 0 Å². The molecule has 0 aliphatic carbocycles. The highest BCUT2D eigenvalue weighted by Gasteiger charge is 1.98. The first-order valence-corrected chi connectivity index (χ1v) is 9.87. The zero-order valence-corrected chi connectivity index (χ0v) is 16.3. The molecule has 0 saturated carbocycles. The lowest BCUT2D eigenvalue weighted by atomic mass is 10.0. The Balaban J connectivity index is 3.38. The third-order valence-corrected chi connectivity index (χ3v) is 3.65. The summed E-state index contributed by atoms with van der Waals surface area (Å²) in [5.41, 5.74) is 1.43. The number of rotatable bonds is 19. The van der Waals surface area contributed by atoms with Crippen molar-refractivity contribution in [3.63, 3.8) is 0 Å². The van der Waals surface area contributed by atoms with Gasteiger partial charge in [-0.2, -0.15) is 0 Å². The quantitative estimate of drug-likeness (QED) is 0.241. The predicted molar refractivity (Wildman–Crippen MR) is 100 cm³/mol. The molecule has 0 saturated heterocycles. The molecule has 4 heteroatoms. The maximum atomic E-state index is 5.61. The molecule has 0 unspecified atom stereocenters. The summed E-state index contributed by atoms with van der Waals surface area (Å²) < 4.78 is 22.0. The highest BCUT2D eigenvalue weighted by atomic mass is 16.6. The molecule has 0 aliphatic rings. The summed E-state index contributed by atoms with van der Waals surface area (Å²) in [4.78, 5) is 0. The fraction of sp³-hybridized carbons (Fsp3) is 0.900. The minimum atomic E-state index is 0.611. The van der Waals surface area contributed by atoms with Crippen molar-refractivity contribution in [2.45, 2.75) is 72.1 Å². The van der Waals surface area contributed by atoms with E-state index in [1.165, 1.54) is 37.7 Å². The van der Waals surface area contributed by atoms with E-state index >= 15 is 0 Å². The number of ether oxygens (including phenoxy) is 4. The first kappa shape index (κ1) is 23.4. The van der Waals surface area contributed by atoms with Gasteiger partial charge in [0.1, 0.15) is 6.61 Å². The SMILES string of the molecule is CCCCCC(=COCCOCCOCCOCCCC)CCC. The van der Waals surface area contributed by atoms with Gasteiger partial charge in [0.05, 0.1) is 39.3 Å². The molecular weight excluding hydrogens is 304 g/mol. The summed E-state index contributed by atoms with van der Waals surface area (Å²) in [5.74, 6) is 0. The predicted octanol–water partition coefficient (Wildman–Crippen LogP) is 5.12. The molecule has 0 heterocycles. The molecule has 4 nitrogen and oxygen atoms in total. The molecule has 0 N–H and O–H groups in total. The highest BCUT2D eigenvalue weighted by Crippen LogP contribution is 2.14. The van der Waals surface area contributed by atoms with Gasteiger partial charge in [-0.05, 0) is 31.3 Å². The summed E-state index contributed by atoms with van der Waals surface area (Å²) in [6.07, 6.45) is 11.6. The monoisotopic (exact) mass is 344 g/mol. The summed E-state index contributed by atoms with van der Waals surface area (Å²) in [6, 6.07) is 0. The van der Waals surface area contributed by atoms with Crippen molar-refractivity contribution in [1.82, 2.24) is 0 Å². The van der Waals surface area contributed by atoms with E-state index in [0.717, 1.165) is 25.9 Å². The topological polar surface area (TPSA) is 36.9 Å². The molecule has 0 atom stereocenters. The molecule has 0 aromatic heterocycles. The van der Waals surface area contributed by atoms with Crippen LogP contribution in [0.2, 0.25) is 0 Å². The molecule has 0 aliphatic heterocycles. The van der Waals surface area contributed by atoms with Gasteiger partial charge < -0.3 is 18.9 Å². The molecule has 24 heavy (non-hydrogen) atoms. The molecule has 0 amide bonds. The van der Waals surface area contributed by atoms with Crippen LogP contribution in [0.1, 0.15) is 72.1 Å². The summed E-state index contributed by atoms with van der Waals surface area (Å²) >= 11 is 0. The largest absolute Gasteiger partial charge is 0.499 e. The Bertz CT molecular complexity index is 266. The first-order chi connectivity index (χ1) is 11.8. The van der Waals surface area contributed by atoms with Gasteiger partial charge in [0.25, 0.3) is 0 Å². The van der Waals surface area contributed by atoms with E-state index < -0.39 is 0 Å². The Hall–Kier alpha value is -0.580. The van der Waals surface area contributed by atoms with Crippen LogP contribution in [-0.4, -0.2) is 46.2 Å². The van der Waals surface area contributed by atoms with Crippen LogP contribution >= 0.6 is 0 Å². The zero-order valence-electron chi connectivity index (χ0n) is 16.3. The number of hydrogen-bond acceptors (Lipinski definition) is 4. The van der Waals surface area contributed by atoms with Crippen molar-refractivity contribution in [3.8, 4) is 0 Å². The molecule has 0 aromatic carbocycles. The van der Waals surface area contributed by atoms with E-state index in [4.69, 9.17) is 18.9 Å². The van der Waals surface area contributed by atoms with E-state index in [0.29, 0.717) is 39.6 Å². The van der Waals surface area contributed by atoms with Gasteiger partial charge in [-0.3, -0.25) is 0 Å². The van der Waals surface area contributed by atoms with Gasteiger partial charge in [-0.25, -0.2) is 0 Å². The lowest BCUT2D eigenvalue weighted by Crippen LogP contribution is -2.11. The van der Waals surface area contributed by atoms with Crippen molar-refractivity contribution in [3.05, 3.63) is 11.8 Å². The lowest BCUT2D eigenvalue weighted by Gasteiger charge is -2.08.